The highest BCUT2D eigenvalue weighted by molar-refractivity contribution is 6.31. The first-order valence-electron chi connectivity index (χ1n) is 12.3. The number of primary amides is 1. The fourth-order valence-electron chi connectivity index (χ4n) is 6.32. The summed E-state index contributed by atoms with van der Waals surface area (Å²) in [6.07, 6.45) is 5.17. The Hall–Kier alpha value is -4.13. The van der Waals surface area contributed by atoms with Crippen LogP contribution in [0.1, 0.15) is 34.3 Å². The molecule has 194 valence electrons. The number of aromatic hydroxyl groups is 1. The lowest BCUT2D eigenvalue weighted by Crippen LogP contribution is -2.68. The zero-order valence-corrected chi connectivity index (χ0v) is 20.4. The lowest BCUT2D eigenvalue weighted by atomic mass is 9.53. The van der Waals surface area contributed by atoms with Crippen molar-refractivity contribution in [3.05, 3.63) is 53.1 Å². The zero-order chi connectivity index (χ0) is 27.4. The van der Waals surface area contributed by atoms with E-state index in [1.165, 1.54) is 6.07 Å². The number of benzene rings is 2. The van der Waals surface area contributed by atoms with Crippen molar-refractivity contribution in [3.8, 4) is 29.2 Å². The van der Waals surface area contributed by atoms with Crippen LogP contribution in [0.25, 0.3) is 11.1 Å². The summed E-state index contributed by atoms with van der Waals surface area (Å²) in [4.78, 5) is 64.5. The van der Waals surface area contributed by atoms with E-state index in [2.05, 4.69) is 11.2 Å². The molecule has 0 bridgehead atoms. The van der Waals surface area contributed by atoms with Gasteiger partial charge in [0.25, 0.3) is 0 Å². The highest BCUT2D eigenvalue weighted by Gasteiger charge is 2.66. The molecule has 0 spiro atoms. The molecule has 0 saturated heterocycles. The molecule has 0 radical (unpaired) electrons. The molecule has 5 rings (SSSR count). The predicted molar refractivity (Wildman–Crippen MR) is 134 cm³/mol. The molecule has 9 heteroatoms. The molecule has 38 heavy (non-hydrogen) atoms. The number of hydrogen-bond acceptors (Lipinski definition) is 8. The molecule has 3 aliphatic carbocycles. The van der Waals surface area contributed by atoms with E-state index in [0.29, 0.717) is 24.2 Å². The second kappa shape index (κ2) is 9.31. The Bertz CT molecular complexity index is 1440. The molecule has 2 aromatic carbocycles. The molecule has 2 aromatic rings. The van der Waals surface area contributed by atoms with Gasteiger partial charge in [0.2, 0.25) is 5.91 Å². The van der Waals surface area contributed by atoms with E-state index in [1.54, 1.807) is 6.07 Å². The molecule has 0 aliphatic heterocycles. The van der Waals surface area contributed by atoms with Crippen molar-refractivity contribution in [2.24, 2.45) is 29.4 Å². The van der Waals surface area contributed by atoms with Gasteiger partial charge in [0.1, 0.15) is 5.75 Å². The Balaban J connectivity index is 1.52. The maximum absolute atomic E-state index is 13.7. The minimum Gasteiger partial charge on any atom is -0.507 e. The molecular formula is C29H26N2O7. The van der Waals surface area contributed by atoms with Crippen LogP contribution in [-0.4, -0.2) is 51.4 Å². The van der Waals surface area contributed by atoms with Gasteiger partial charge >= 0.3 is 0 Å². The number of phenols is 1. The number of terminal acetylenes is 1. The first-order chi connectivity index (χ1) is 18.1. The quantitative estimate of drug-likeness (QED) is 0.258. The normalized spacial score (nSPS) is 28.2. The van der Waals surface area contributed by atoms with E-state index in [1.807, 2.05) is 24.3 Å². The smallest absolute Gasteiger partial charge is 0.235 e. The molecule has 2 fully saturated rings. The maximum Gasteiger partial charge on any atom is 0.235 e. The van der Waals surface area contributed by atoms with Crippen LogP contribution >= 0.6 is 0 Å². The van der Waals surface area contributed by atoms with Crippen LogP contribution in [0.3, 0.4) is 0 Å². The third-order valence-corrected chi connectivity index (χ3v) is 8.11. The first kappa shape index (κ1) is 25.5. The van der Waals surface area contributed by atoms with Gasteiger partial charge < -0.3 is 21.3 Å². The van der Waals surface area contributed by atoms with Gasteiger partial charge in [0.15, 0.2) is 34.7 Å². The number of hydrogen-bond donors (Lipinski definition) is 4. The van der Waals surface area contributed by atoms with E-state index in [4.69, 9.17) is 12.2 Å². The largest absolute Gasteiger partial charge is 0.507 e. The van der Waals surface area contributed by atoms with Crippen molar-refractivity contribution in [2.45, 2.75) is 31.4 Å². The van der Waals surface area contributed by atoms with E-state index in [-0.39, 0.29) is 30.6 Å². The average Bonchev–Trinajstić information content (AvgIpc) is 2.87. The maximum atomic E-state index is 13.7. The van der Waals surface area contributed by atoms with Crippen molar-refractivity contribution >= 4 is 29.0 Å². The Kier molecular flexibility index (Phi) is 6.25. The van der Waals surface area contributed by atoms with Crippen LogP contribution in [-0.2, 0) is 32.1 Å². The van der Waals surface area contributed by atoms with Crippen molar-refractivity contribution in [2.75, 3.05) is 6.54 Å². The molecule has 5 N–H and O–H groups in total. The third kappa shape index (κ3) is 3.76. The van der Waals surface area contributed by atoms with Gasteiger partial charge in [-0.1, -0.05) is 36.3 Å². The number of carbonyl (C=O) groups excluding carboxylic acids is 5. The monoisotopic (exact) mass is 514 g/mol. The molecule has 1 amide bonds. The van der Waals surface area contributed by atoms with Crippen molar-refractivity contribution in [1.82, 2.24) is 5.32 Å². The van der Waals surface area contributed by atoms with E-state index in [9.17, 15) is 34.2 Å². The highest BCUT2D eigenvalue weighted by Crippen LogP contribution is 2.51. The summed E-state index contributed by atoms with van der Waals surface area (Å²) in [7, 11) is 0. The number of nitrogens with one attached hydrogen (secondary N) is 1. The Morgan fingerprint density at radius 2 is 1.79 bits per heavy atom. The fourth-order valence-corrected chi connectivity index (χ4v) is 6.32. The van der Waals surface area contributed by atoms with Crippen molar-refractivity contribution in [1.29, 1.82) is 0 Å². The van der Waals surface area contributed by atoms with Crippen LogP contribution in [0.15, 0.2) is 36.4 Å². The summed E-state index contributed by atoms with van der Waals surface area (Å²) >= 11 is 0. The summed E-state index contributed by atoms with van der Waals surface area (Å²) in [5.74, 6) is -7.71. The molecule has 0 heterocycles. The lowest BCUT2D eigenvalue weighted by molar-refractivity contribution is -0.175. The molecular weight excluding hydrogens is 488 g/mol. The number of aliphatic hydroxyl groups is 1. The van der Waals surface area contributed by atoms with Crippen molar-refractivity contribution < 1.29 is 34.2 Å². The third-order valence-electron chi connectivity index (χ3n) is 8.11. The second-order valence-electron chi connectivity index (χ2n) is 10.2. The van der Waals surface area contributed by atoms with Gasteiger partial charge in [-0.2, -0.15) is 0 Å². The van der Waals surface area contributed by atoms with Gasteiger partial charge in [0.05, 0.1) is 18.0 Å². The number of carbonyl (C=O) groups is 5. The predicted octanol–water partition coefficient (Wildman–Crippen LogP) is 0.717. The zero-order valence-electron chi connectivity index (χ0n) is 20.4. The fraction of sp³-hybridized carbons (Fsp3) is 0.345. The summed E-state index contributed by atoms with van der Waals surface area (Å²) < 4.78 is 0. The summed E-state index contributed by atoms with van der Waals surface area (Å²) in [5.41, 5.74) is 5.63. The van der Waals surface area contributed by atoms with Crippen LogP contribution in [0.2, 0.25) is 0 Å². The number of phenolic OH excluding ortho intramolecular Hbond substituents is 1. The Labute approximate surface area is 218 Å². The number of amides is 1. The number of fused-ring (bicyclic) bond motifs is 3. The molecule has 3 aliphatic rings. The van der Waals surface area contributed by atoms with E-state index in [0.717, 1.165) is 11.1 Å². The minimum absolute atomic E-state index is 0.0234. The summed E-state index contributed by atoms with van der Waals surface area (Å²) in [6.45, 7) is 1.02. The number of ketones is 4. The van der Waals surface area contributed by atoms with E-state index < -0.39 is 58.3 Å². The van der Waals surface area contributed by atoms with E-state index >= 15 is 0 Å². The highest BCUT2D eigenvalue weighted by atomic mass is 16.3. The lowest BCUT2D eigenvalue weighted by Gasteiger charge is -2.48. The standard InChI is InChI=1S/C29H26N2O7/c1-2-9-31-13-14-3-5-15(6-4-14)18-7-8-20(32)23-19(18)11-16-10-17-12-21(33)24(28(30)37)27(36)29(17,38)26(35)22(16)25(23)34/h1,3-8,16-17,22,24,31-32,38H,9-13H2,(H2,30,37)/t16-,17+,22?,24?,29+/m1/s1. The van der Waals surface area contributed by atoms with Crippen LogP contribution in [0.5, 0.6) is 5.75 Å². The van der Waals surface area contributed by atoms with Crippen LogP contribution in [0.4, 0.5) is 0 Å². The Morgan fingerprint density at radius 3 is 2.45 bits per heavy atom. The number of rotatable bonds is 5. The molecule has 9 nitrogen and oxygen atoms in total. The first-order valence-corrected chi connectivity index (χ1v) is 12.3. The van der Waals surface area contributed by atoms with Gasteiger partial charge in [-0.25, -0.2) is 0 Å². The molecule has 2 saturated carbocycles. The molecule has 0 aromatic heterocycles. The topological polar surface area (TPSA) is 164 Å². The van der Waals surface area contributed by atoms with Gasteiger partial charge in [-0.15, -0.1) is 6.42 Å². The molecule has 5 atom stereocenters. The summed E-state index contributed by atoms with van der Waals surface area (Å²) in [6, 6.07) is 10.7. The van der Waals surface area contributed by atoms with Gasteiger partial charge in [-0.05, 0) is 47.1 Å². The van der Waals surface area contributed by atoms with Crippen LogP contribution < -0.4 is 11.1 Å². The van der Waals surface area contributed by atoms with Crippen LogP contribution in [0, 0.1) is 36.0 Å². The summed E-state index contributed by atoms with van der Waals surface area (Å²) in [5, 5.41) is 25.0. The number of nitrogens with two attached hydrogens (primary N) is 1. The Morgan fingerprint density at radius 1 is 1.08 bits per heavy atom. The second-order valence-corrected chi connectivity index (χ2v) is 10.2. The van der Waals surface area contributed by atoms with Gasteiger partial charge in [0, 0.05) is 18.9 Å². The number of Topliss-reactive ketones (excluding diaryl/α,β-unsaturated/α-hetero) is 4. The molecule has 2 unspecified atom stereocenters. The SMILES string of the molecule is C#CCNCc1ccc(-c2ccc(O)c3c2C[C@H]2C[C@H]4CC(=O)C(C(N)=O)C(=O)[C@@]4(O)C(=O)C2C3=O)cc1. The van der Waals surface area contributed by atoms with Gasteiger partial charge in [-0.3, -0.25) is 24.0 Å². The average molecular weight is 515 g/mol. The van der Waals surface area contributed by atoms with Crippen molar-refractivity contribution in [3.63, 3.8) is 0 Å². The minimum atomic E-state index is -2.65.